The highest BCUT2D eigenvalue weighted by molar-refractivity contribution is 6.39. The topological polar surface area (TPSA) is 136 Å². The molecular weight excluding hydrogens is 665 g/mol. The lowest BCUT2D eigenvalue weighted by molar-refractivity contribution is 0.171. The molecule has 1 aliphatic carbocycles. The molecule has 0 spiro atoms. The minimum atomic E-state index is -0.354. The van der Waals surface area contributed by atoms with Gasteiger partial charge in [-0.3, -0.25) is 14.4 Å². The quantitative estimate of drug-likeness (QED) is 0.153. The molecule has 3 N–H and O–H groups in total. The number of urea groups is 1. The third-order valence-corrected chi connectivity index (χ3v) is 9.12. The molecule has 0 saturated carbocycles. The van der Waals surface area contributed by atoms with Crippen LogP contribution in [-0.4, -0.2) is 51.9 Å². The van der Waals surface area contributed by atoms with Gasteiger partial charge in [0.15, 0.2) is 11.5 Å². The highest BCUT2D eigenvalue weighted by Crippen LogP contribution is 2.40. The maximum atomic E-state index is 13.5. The number of hydrogen-bond donors (Lipinski definition) is 3. The first-order valence-electron chi connectivity index (χ1n) is 16.0. The average molecular weight is 701 g/mol. The lowest BCUT2D eigenvalue weighted by Crippen LogP contribution is -2.36. The van der Waals surface area contributed by atoms with Crippen molar-refractivity contribution in [2.45, 2.75) is 57.7 Å². The van der Waals surface area contributed by atoms with Crippen LogP contribution >= 0.6 is 23.2 Å². The van der Waals surface area contributed by atoms with E-state index < -0.39 is 0 Å². The molecule has 1 aliphatic rings. The minimum Gasteiger partial charge on any atom is -0.484 e. The van der Waals surface area contributed by atoms with Crippen LogP contribution in [0.3, 0.4) is 0 Å². The molecule has 252 valence electrons. The highest BCUT2D eigenvalue weighted by Gasteiger charge is 2.30. The standard InChI is InChI=1S/C35H35Cl2N9O3/c1-35(2,3)29-17-31(46(43-29)21-18-38-44(19-21)15-16-47)40-34(48)39-27-12-13-28(24-8-5-4-7-23(24)27)49-22-11-14-30-41-42-33(45(30)20-22)32-25(36)9-6-10-26(32)37/h4-11,14,17-20,27-28,47H,12-13,15-16H2,1-3H3,(H2,39,40,48). The molecule has 0 aliphatic heterocycles. The molecule has 0 radical (unpaired) electrons. The Kier molecular flexibility index (Phi) is 8.78. The van der Waals surface area contributed by atoms with Gasteiger partial charge in [0, 0.05) is 11.5 Å². The fraction of sp³-hybridized carbons (Fsp3) is 0.286. The number of ether oxygens (including phenoxy) is 1. The zero-order chi connectivity index (χ0) is 34.3. The van der Waals surface area contributed by atoms with Gasteiger partial charge in [0.2, 0.25) is 0 Å². The predicted octanol–water partition coefficient (Wildman–Crippen LogP) is 7.15. The van der Waals surface area contributed by atoms with E-state index in [1.54, 1.807) is 40.0 Å². The third kappa shape index (κ3) is 6.59. The lowest BCUT2D eigenvalue weighted by atomic mass is 9.85. The Balaban J connectivity index is 1.10. The summed E-state index contributed by atoms with van der Waals surface area (Å²) in [5, 5.41) is 34.2. The van der Waals surface area contributed by atoms with E-state index >= 15 is 0 Å². The molecule has 0 fully saturated rings. The summed E-state index contributed by atoms with van der Waals surface area (Å²) in [7, 11) is 0. The van der Waals surface area contributed by atoms with E-state index in [1.165, 1.54) is 0 Å². The molecule has 7 rings (SSSR count). The molecule has 0 saturated heterocycles. The van der Waals surface area contributed by atoms with Gasteiger partial charge in [-0.05, 0) is 48.2 Å². The number of carbonyl (C=O) groups is 1. The third-order valence-electron chi connectivity index (χ3n) is 8.49. The molecule has 0 bridgehead atoms. The monoisotopic (exact) mass is 699 g/mol. The summed E-state index contributed by atoms with van der Waals surface area (Å²) in [4.78, 5) is 13.5. The van der Waals surface area contributed by atoms with Crippen molar-refractivity contribution < 1.29 is 14.6 Å². The van der Waals surface area contributed by atoms with Crippen LogP contribution in [-0.2, 0) is 12.0 Å². The average Bonchev–Trinajstić information content (AvgIpc) is 3.81. The molecule has 2 aromatic carbocycles. The van der Waals surface area contributed by atoms with Gasteiger partial charge in [-0.2, -0.15) is 10.2 Å². The van der Waals surface area contributed by atoms with Gasteiger partial charge in [-0.15, -0.1) is 10.2 Å². The van der Waals surface area contributed by atoms with Crippen molar-refractivity contribution in [2.75, 3.05) is 11.9 Å². The van der Waals surface area contributed by atoms with E-state index in [-0.39, 0.29) is 30.2 Å². The maximum Gasteiger partial charge on any atom is 0.320 e. The molecule has 49 heavy (non-hydrogen) atoms. The van der Waals surface area contributed by atoms with E-state index in [0.717, 1.165) is 16.8 Å². The summed E-state index contributed by atoms with van der Waals surface area (Å²) >= 11 is 13.0. The van der Waals surface area contributed by atoms with Crippen LogP contribution in [0.4, 0.5) is 10.6 Å². The number of benzene rings is 2. The smallest absolute Gasteiger partial charge is 0.320 e. The summed E-state index contributed by atoms with van der Waals surface area (Å²) in [6.07, 6.45) is 6.36. The van der Waals surface area contributed by atoms with Crippen molar-refractivity contribution in [3.8, 4) is 22.8 Å². The molecular formula is C35H35Cl2N9O3. The van der Waals surface area contributed by atoms with Crippen LogP contribution < -0.4 is 15.4 Å². The Morgan fingerprint density at radius 1 is 1.00 bits per heavy atom. The van der Waals surface area contributed by atoms with Crippen LogP contribution in [0.5, 0.6) is 5.75 Å². The van der Waals surface area contributed by atoms with Gasteiger partial charge in [0.1, 0.15) is 23.4 Å². The van der Waals surface area contributed by atoms with Gasteiger partial charge in [-0.1, -0.05) is 74.3 Å². The minimum absolute atomic E-state index is 0.0348. The van der Waals surface area contributed by atoms with Crippen LogP contribution in [0.1, 0.15) is 62.6 Å². The van der Waals surface area contributed by atoms with E-state index in [0.29, 0.717) is 63.7 Å². The Morgan fingerprint density at radius 3 is 2.53 bits per heavy atom. The molecule has 2 amide bonds. The number of pyridine rings is 1. The zero-order valence-corrected chi connectivity index (χ0v) is 28.7. The SMILES string of the molecule is CC(C)(C)c1cc(NC(=O)NC2CCC(Oc3ccc4nnc(-c5c(Cl)cccc5Cl)n4c3)c3ccccc32)n(-c2cnn(CCO)c2)n1. The number of carbonyl (C=O) groups excluding carboxylic acids is 1. The van der Waals surface area contributed by atoms with E-state index in [4.69, 9.17) is 33.0 Å². The van der Waals surface area contributed by atoms with Crippen molar-refractivity contribution in [1.82, 2.24) is 39.5 Å². The summed E-state index contributed by atoms with van der Waals surface area (Å²) in [6, 6.07) is 18.3. The molecule has 2 unspecified atom stereocenters. The van der Waals surface area contributed by atoms with E-state index in [9.17, 15) is 9.90 Å². The Morgan fingerprint density at radius 2 is 1.78 bits per heavy atom. The summed E-state index contributed by atoms with van der Waals surface area (Å²) in [5.41, 5.74) is 4.44. The number of anilines is 1. The molecule has 2 atom stereocenters. The number of aliphatic hydroxyl groups is 1. The normalized spacial score (nSPS) is 16.0. The van der Waals surface area contributed by atoms with Crippen LogP contribution in [0.25, 0.3) is 22.7 Å². The van der Waals surface area contributed by atoms with Crippen molar-refractivity contribution >= 4 is 40.7 Å². The Labute approximate surface area is 292 Å². The number of aliphatic hydroxyl groups excluding tert-OH is 1. The zero-order valence-electron chi connectivity index (χ0n) is 27.1. The molecule has 12 nitrogen and oxygen atoms in total. The van der Waals surface area contributed by atoms with Crippen LogP contribution in [0.2, 0.25) is 10.0 Å². The van der Waals surface area contributed by atoms with E-state index in [2.05, 4.69) is 46.7 Å². The molecule has 4 heterocycles. The van der Waals surface area contributed by atoms with Crippen molar-refractivity contribution in [1.29, 1.82) is 0 Å². The first-order valence-corrected chi connectivity index (χ1v) is 16.7. The van der Waals surface area contributed by atoms with Crippen molar-refractivity contribution in [3.05, 3.63) is 106 Å². The number of nitrogens with one attached hydrogen (secondary N) is 2. The highest BCUT2D eigenvalue weighted by atomic mass is 35.5. The summed E-state index contributed by atoms with van der Waals surface area (Å²) in [6.45, 7) is 6.51. The number of fused-ring (bicyclic) bond motifs is 2. The van der Waals surface area contributed by atoms with Gasteiger partial charge in [0.25, 0.3) is 0 Å². The number of nitrogens with zero attached hydrogens (tertiary/aromatic N) is 7. The van der Waals surface area contributed by atoms with Gasteiger partial charge >= 0.3 is 6.03 Å². The summed E-state index contributed by atoms with van der Waals surface area (Å²) in [5.74, 6) is 1.66. The van der Waals surface area contributed by atoms with Crippen molar-refractivity contribution in [3.63, 3.8) is 0 Å². The van der Waals surface area contributed by atoms with Gasteiger partial charge in [-0.25, -0.2) is 9.48 Å². The maximum absolute atomic E-state index is 13.5. The number of amides is 2. The van der Waals surface area contributed by atoms with Gasteiger partial charge in [0.05, 0.1) is 59.1 Å². The summed E-state index contributed by atoms with van der Waals surface area (Å²) < 4.78 is 11.7. The first kappa shape index (κ1) is 32.6. The molecule has 4 aromatic heterocycles. The number of rotatable bonds is 8. The molecule has 6 aromatic rings. The van der Waals surface area contributed by atoms with Crippen molar-refractivity contribution in [2.24, 2.45) is 0 Å². The number of halogens is 2. The van der Waals surface area contributed by atoms with Crippen LogP contribution in [0.15, 0.2) is 79.3 Å². The number of hydrogen-bond acceptors (Lipinski definition) is 7. The second kappa shape index (κ2) is 13.2. The Hall–Kier alpha value is -4.91. The second-order valence-corrected chi connectivity index (χ2v) is 13.8. The second-order valence-electron chi connectivity index (χ2n) is 12.9. The van der Waals surface area contributed by atoms with Gasteiger partial charge < -0.3 is 15.2 Å². The largest absolute Gasteiger partial charge is 0.484 e. The lowest BCUT2D eigenvalue weighted by Gasteiger charge is -2.32. The first-order chi connectivity index (χ1) is 23.6. The van der Waals surface area contributed by atoms with E-state index in [1.807, 2.05) is 53.1 Å². The fourth-order valence-electron chi connectivity index (χ4n) is 6.04. The molecule has 14 heteroatoms. The number of aromatic nitrogens is 7. The Bertz CT molecular complexity index is 2130. The fourth-order valence-corrected chi connectivity index (χ4v) is 6.61. The predicted molar refractivity (Wildman–Crippen MR) is 188 cm³/mol. The van der Waals surface area contributed by atoms with Crippen LogP contribution in [0, 0.1) is 0 Å².